The maximum atomic E-state index is 11.8. The smallest absolute Gasteiger partial charge is 0.314 e. The third kappa shape index (κ3) is 6.54. The molecule has 0 bridgehead atoms. The van der Waals surface area contributed by atoms with E-state index in [1.54, 1.807) is 23.1 Å². The van der Waals surface area contributed by atoms with Crippen LogP contribution in [0.5, 0.6) is 0 Å². The van der Waals surface area contributed by atoms with Crippen LogP contribution < -0.4 is 10.6 Å². The standard InChI is InChI=1S/C15H25N3O2S2/c1-11-8-13(9-12(2)20-11)10-18-14(19)16-4-3-6-21-15-17-5-7-22-15/h5,7,11-13H,3-4,6,8-10H2,1-2H3,(H2,16,18,19). The fourth-order valence-electron chi connectivity index (χ4n) is 2.72. The van der Waals surface area contributed by atoms with Crippen LogP contribution in [0.15, 0.2) is 15.9 Å². The number of hydrogen-bond donors (Lipinski definition) is 2. The lowest BCUT2D eigenvalue weighted by molar-refractivity contribution is -0.0511. The van der Waals surface area contributed by atoms with Crippen molar-refractivity contribution in [1.29, 1.82) is 0 Å². The number of carbonyl (C=O) groups is 1. The first kappa shape index (κ1) is 17.6. The molecular weight excluding hydrogens is 318 g/mol. The minimum absolute atomic E-state index is 0.0638. The lowest BCUT2D eigenvalue weighted by Crippen LogP contribution is -2.41. The molecule has 2 heterocycles. The zero-order valence-electron chi connectivity index (χ0n) is 13.2. The minimum Gasteiger partial charge on any atom is -0.376 e. The third-order valence-electron chi connectivity index (χ3n) is 3.59. The Bertz CT molecular complexity index is 432. The number of ether oxygens (including phenoxy) is 1. The third-order valence-corrected chi connectivity index (χ3v) is 5.64. The number of amides is 2. The van der Waals surface area contributed by atoms with Gasteiger partial charge in [0.15, 0.2) is 0 Å². The Morgan fingerprint density at radius 1 is 1.41 bits per heavy atom. The van der Waals surface area contributed by atoms with Crippen molar-refractivity contribution >= 4 is 29.1 Å². The van der Waals surface area contributed by atoms with Gasteiger partial charge in [-0.2, -0.15) is 0 Å². The van der Waals surface area contributed by atoms with Gasteiger partial charge in [-0.05, 0) is 39.0 Å². The average molecular weight is 344 g/mol. The molecule has 1 aromatic rings. The van der Waals surface area contributed by atoms with Crippen LogP contribution in [0.3, 0.4) is 0 Å². The van der Waals surface area contributed by atoms with E-state index in [9.17, 15) is 4.79 Å². The van der Waals surface area contributed by atoms with Crippen molar-refractivity contribution in [2.45, 2.75) is 49.7 Å². The molecule has 2 N–H and O–H groups in total. The van der Waals surface area contributed by atoms with E-state index in [0.717, 1.165) is 35.9 Å². The average Bonchev–Trinajstić information content (AvgIpc) is 2.97. The molecule has 5 nitrogen and oxygen atoms in total. The lowest BCUT2D eigenvalue weighted by atomic mass is 9.92. The second-order valence-electron chi connectivity index (χ2n) is 5.73. The number of carbonyl (C=O) groups excluding carboxylic acids is 1. The number of nitrogens with zero attached hydrogens (tertiary/aromatic N) is 1. The summed E-state index contributed by atoms with van der Waals surface area (Å²) >= 11 is 3.39. The van der Waals surface area contributed by atoms with Gasteiger partial charge in [0, 0.05) is 30.4 Å². The zero-order valence-corrected chi connectivity index (χ0v) is 14.8. The summed E-state index contributed by atoms with van der Waals surface area (Å²) in [7, 11) is 0. The highest BCUT2D eigenvalue weighted by Gasteiger charge is 2.24. The molecule has 1 saturated heterocycles. The number of nitrogens with one attached hydrogen (secondary N) is 2. The number of aromatic nitrogens is 1. The van der Waals surface area contributed by atoms with Crippen LogP contribution in [-0.2, 0) is 4.74 Å². The molecule has 0 spiro atoms. The molecule has 1 fully saturated rings. The van der Waals surface area contributed by atoms with E-state index in [0.29, 0.717) is 24.7 Å². The number of rotatable bonds is 7. The fourth-order valence-corrected chi connectivity index (χ4v) is 4.37. The Morgan fingerprint density at radius 2 is 2.18 bits per heavy atom. The summed E-state index contributed by atoms with van der Waals surface area (Å²) in [6.45, 7) is 5.63. The molecule has 22 heavy (non-hydrogen) atoms. The van der Waals surface area contributed by atoms with Crippen molar-refractivity contribution in [2.24, 2.45) is 5.92 Å². The Labute approximate surface area is 140 Å². The second kappa shape index (κ2) is 9.37. The molecule has 2 atom stereocenters. The van der Waals surface area contributed by atoms with Gasteiger partial charge in [0.1, 0.15) is 4.34 Å². The zero-order chi connectivity index (χ0) is 15.8. The number of urea groups is 1. The summed E-state index contributed by atoms with van der Waals surface area (Å²) in [6.07, 6.45) is 5.40. The molecule has 1 aliphatic rings. The van der Waals surface area contributed by atoms with Gasteiger partial charge < -0.3 is 15.4 Å². The molecule has 0 aromatic carbocycles. The van der Waals surface area contributed by atoms with Crippen LogP contribution in [0.25, 0.3) is 0 Å². The molecule has 2 unspecified atom stereocenters. The van der Waals surface area contributed by atoms with Crippen molar-refractivity contribution in [2.75, 3.05) is 18.8 Å². The first-order chi connectivity index (χ1) is 10.6. The van der Waals surface area contributed by atoms with Gasteiger partial charge >= 0.3 is 6.03 Å². The number of thiazole rings is 1. The number of hydrogen-bond acceptors (Lipinski definition) is 5. The molecule has 2 rings (SSSR count). The topological polar surface area (TPSA) is 63.2 Å². The maximum absolute atomic E-state index is 11.8. The van der Waals surface area contributed by atoms with E-state index in [1.807, 2.05) is 11.6 Å². The van der Waals surface area contributed by atoms with Crippen LogP contribution in [0, 0.1) is 5.92 Å². The van der Waals surface area contributed by atoms with E-state index >= 15 is 0 Å². The van der Waals surface area contributed by atoms with E-state index in [2.05, 4.69) is 29.5 Å². The van der Waals surface area contributed by atoms with Gasteiger partial charge in [-0.25, -0.2) is 9.78 Å². The molecule has 7 heteroatoms. The van der Waals surface area contributed by atoms with Crippen LogP contribution in [0.4, 0.5) is 4.79 Å². The SMILES string of the molecule is CC1CC(CNC(=O)NCCCSc2nccs2)CC(C)O1. The Morgan fingerprint density at radius 3 is 2.86 bits per heavy atom. The second-order valence-corrected chi connectivity index (χ2v) is 7.97. The predicted octanol–water partition coefficient (Wildman–Crippen LogP) is 3.13. The van der Waals surface area contributed by atoms with Crippen molar-refractivity contribution in [3.63, 3.8) is 0 Å². The Hall–Kier alpha value is -0.790. The minimum atomic E-state index is -0.0638. The van der Waals surface area contributed by atoms with Gasteiger partial charge in [0.25, 0.3) is 0 Å². The van der Waals surface area contributed by atoms with E-state index in [4.69, 9.17) is 4.74 Å². The molecule has 0 aliphatic carbocycles. The van der Waals surface area contributed by atoms with Gasteiger partial charge in [-0.15, -0.1) is 11.3 Å². The number of thioether (sulfide) groups is 1. The van der Waals surface area contributed by atoms with Gasteiger partial charge in [-0.3, -0.25) is 0 Å². The van der Waals surface area contributed by atoms with E-state index in [-0.39, 0.29) is 6.03 Å². The summed E-state index contributed by atoms with van der Waals surface area (Å²) in [6, 6.07) is -0.0638. The summed E-state index contributed by atoms with van der Waals surface area (Å²) in [5, 5.41) is 7.87. The quantitative estimate of drug-likeness (QED) is 0.590. The molecule has 0 radical (unpaired) electrons. The van der Waals surface area contributed by atoms with Crippen LogP contribution in [0.2, 0.25) is 0 Å². The highest BCUT2D eigenvalue weighted by atomic mass is 32.2. The van der Waals surface area contributed by atoms with E-state index in [1.165, 1.54) is 0 Å². The molecule has 2 amide bonds. The van der Waals surface area contributed by atoms with Crippen LogP contribution in [0.1, 0.15) is 33.1 Å². The lowest BCUT2D eigenvalue weighted by Gasteiger charge is -2.32. The first-order valence-corrected chi connectivity index (χ1v) is 9.69. The van der Waals surface area contributed by atoms with E-state index < -0.39 is 0 Å². The largest absolute Gasteiger partial charge is 0.376 e. The fraction of sp³-hybridized carbons (Fsp3) is 0.733. The molecule has 0 saturated carbocycles. The molecular formula is C15H25N3O2S2. The monoisotopic (exact) mass is 343 g/mol. The maximum Gasteiger partial charge on any atom is 0.314 e. The molecule has 1 aromatic heterocycles. The van der Waals surface area contributed by atoms with Crippen LogP contribution in [-0.4, -0.2) is 42.1 Å². The van der Waals surface area contributed by atoms with Gasteiger partial charge in [0.2, 0.25) is 0 Å². The summed E-state index contributed by atoms with van der Waals surface area (Å²) in [5.41, 5.74) is 0. The van der Waals surface area contributed by atoms with Crippen molar-refractivity contribution in [1.82, 2.24) is 15.6 Å². The van der Waals surface area contributed by atoms with Crippen molar-refractivity contribution in [3.8, 4) is 0 Å². The molecule has 124 valence electrons. The Balaban J connectivity index is 1.50. The van der Waals surface area contributed by atoms with Crippen molar-refractivity contribution in [3.05, 3.63) is 11.6 Å². The van der Waals surface area contributed by atoms with Gasteiger partial charge in [-0.1, -0.05) is 11.8 Å². The van der Waals surface area contributed by atoms with Crippen LogP contribution >= 0.6 is 23.1 Å². The van der Waals surface area contributed by atoms with Crippen molar-refractivity contribution < 1.29 is 9.53 Å². The summed E-state index contributed by atoms with van der Waals surface area (Å²) in [4.78, 5) is 16.0. The normalized spacial score (nSPS) is 24.9. The van der Waals surface area contributed by atoms with Gasteiger partial charge in [0.05, 0.1) is 12.2 Å². The highest BCUT2D eigenvalue weighted by molar-refractivity contribution is 8.00. The molecule has 1 aliphatic heterocycles. The summed E-state index contributed by atoms with van der Waals surface area (Å²) in [5.74, 6) is 1.49. The highest BCUT2D eigenvalue weighted by Crippen LogP contribution is 2.24. The predicted molar refractivity (Wildman–Crippen MR) is 91.6 cm³/mol. The summed E-state index contributed by atoms with van der Waals surface area (Å²) < 4.78 is 6.80. The first-order valence-electron chi connectivity index (χ1n) is 7.83. The Kier molecular flexibility index (Phi) is 7.48.